The zero-order chi connectivity index (χ0) is 14.7. The Morgan fingerprint density at radius 2 is 2.00 bits per heavy atom. The number of aryl methyl sites for hydroxylation is 2. The second-order valence-electron chi connectivity index (χ2n) is 5.85. The molecule has 1 aromatic heterocycles. The van der Waals surface area contributed by atoms with Crippen LogP contribution in [0, 0.1) is 13.8 Å². The Morgan fingerprint density at radius 1 is 1.35 bits per heavy atom. The van der Waals surface area contributed by atoms with Crippen LogP contribution in [0.2, 0.25) is 0 Å². The van der Waals surface area contributed by atoms with E-state index in [1.54, 1.807) is 0 Å². The average molecular weight is 278 g/mol. The van der Waals surface area contributed by atoms with Crippen molar-refractivity contribution in [1.29, 1.82) is 0 Å². The predicted octanol–water partition coefficient (Wildman–Crippen LogP) is 1.18. The summed E-state index contributed by atoms with van der Waals surface area (Å²) in [5.41, 5.74) is 3.08. The molecule has 2 rings (SSSR count). The summed E-state index contributed by atoms with van der Waals surface area (Å²) in [7, 11) is 1.92. The number of likely N-dealkylation sites (tertiary alicyclic amines) is 1. The molecule has 0 spiro atoms. The van der Waals surface area contributed by atoms with Gasteiger partial charge < -0.3 is 5.32 Å². The normalized spacial score (nSPS) is 17.4. The molecular formula is C15H26N4O. The van der Waals surface area contributed by atoms with E-state index in [-0.39, 0.29) is 5.91 Å². The summed E-state index contributed by atoms with van der Waals surface area (Å²) < 4.78 is 1.84. The second-order valence-corrected chi connectivity index (χ2v) is 5.85. The fraction of sp³-hybridized carbons (Fsp3) is 0.733. The van der Waals surface area contributed by atoms with Crippen LogP contribution in [-0.2, 0) is 18.3 Å². The van der Waals surface area contributed by atoms with Crippen molar-refractivity contribution in [2.45, 2.75) is 46.1 Å². The number of nitrogens with zero attached hydrogens (tertiary/aromatic N) is 3. The Balaban J connectivity index is 1.83. The molecule has 5 heteroatoms. The minimum Gasteiger partial charge on any atom is -0.354 e. The van der Waals surface area contributed by atoms with Gasteiger partial charge in [0.1, 0.15) is 0 Å². The van der Waals surface area contributed by atoms with Gasteiger partial charge in [0.25, 0.3) is 0 Å². The van der Waals surface area contributed by atoms with Crippen molar-refractivity contribution in [1.82, 2.24) is 20.0 Å². The zero-order valence-corrected chi connectivity index (χ0v) is 13.1. The average Bonchev–Trinajstić information content (AvgIpc) is 3.01. The zero-order valence-electron chi connectivity index (χ0n) is 13.1. The molecule has 112 valence electrons. The van der Waals surface area contributed by atoms with Crippen molar-refractivity contribution < 1.29 is 4.79 Å². The molecule has 1 aliphatic heterocycles. The first-order valence-corrected chi connectivity index (χ1v) is 7.49. The first-order valence-electron chi connectivity index (χ1n) is 7.49. The molecule has 0 aliphatic carbocycles. The summed E-state index contributed by atoms with van der Waals surface area (Å²) in [6, 6.07) is 0.428. The van der Waals surface area contributed by atoms with Gasteiger partial charge in [-0.05, 0) is 46.7 Å². The van der Waals surface area contributed by atoms with Gasteiger partial charge >= 0.3 is 0 Å². The van der Waals surface area contributed by atoms with Crippen molar-refractivity contribution in [3.8, 4) is 0 Å². The molecular weight excluding hydrogens is 252 g/mol. The summed E-state index contributed by atoms with van der Waals surface area (Å²) in [5, 5.41) is 7.40. The van der Waals surface area contributed by atoms with Gasteiger partial charge in [0.15, 0.2) is 0 Å². The van der Waals surface area contributed by atoms with E-state index in [1.807, 2.05) is 25.6 Å². The SMILES string of the molecule is Cc1nn(C)c(C)c1CC(=O)NC[C@H](C)N1CCCC1. The molecule has 1 aliphatic rings. The van der Waals surface area contributed by atoms with Crippen LogP contribution in [0.3, 0.4) is 0 Å². The minimum absolute atomic E-state index is 0.0928. The lowest BCUT2D eigenvalue weighted by atomic mass is 10.1. The molecule has 20 heavy (non-hydrogen) atoms. The van der Waals surface area contributed by atoms with Crippen LogP contribution in [0.5, 0.6) is 0 Å². The fourth-order valence-electron chi connectivity index (χ4n) is 2.87. The van der Waals surface area contributed by atoms with E-state index in [0.29, 0.717) is 12.5 Å². The van der Waals surface area contributed by atoms with Crippen molar-refractivity contribution in [3.05, 3.63) is 17.0 Å². The first-order chi connectivity index (χ1) is 9.49. The van der Waals surface area contributed by atoms with E-state index in [2.05, 4.69) is 22.2 Å². The standard InChI is InChI=1S/C15H26N4O/c1-11(19-7-5-6-8-19)10-16-15(20)9-14-12(2)17-18(4)13(14)3/h11H,5-10H2,1-4H3,(H,16,20)/t11-/m0/s1. The van der Waals surface area contributed by atoms with Gasteiger partial charge in [0, 0.05) is 30.9 Å². The Kier molecular flexibility index (Phi) is 4.81. The third kappa shape index (κ3) is 3.39. The molecule has 5 nitrogen and oxygen atoms in total. The lowest BCUT2D eigenvalue weighted by Crippen LogP contribution is -2.41. The summed E-state index contributed by atoms with van der Waals surface area (Å²) in [6.07, 6.45) is 3.00. The number of nitrogens with one attached hydrogen (secondary N) is 1. The summed E-state index contributed by atoms with van der Waals surface area (Å²) >= 11 is 0. The number of aromatic nitrogens is 2. The molecule has 0 bridgehead atoms. The molecule has 0 aromatic carbocycles. The Morgan fingerprint density at radius 3 is 2.55 bits per heavy atom. The predicted molar refractivity (Wildman–Crippen MR) is 79.7 cm³/mol. The van der Waals surface area contributed by atoms with E-state index < -0.39 is 0 Å². The summed E-state index contributed by atoms with van der Waals surface area (Å²) in [4.78, 5) is 14.5. The molecule has 1 N–H and O–H groups in total. The van der Waals surface area contributed by atoms with Crippen LogP contribution in [0.25, 0.3) is 0 Å². The highest BCUT2D eigenvalue weighted by molar-refractivity contribution is 5.79. The van der Waals surface area contributed by atoms with Crippen LogP contribution in [-0.4, -0.2) is 46.3 Å². The molecule has 1 aromatic rings. The molecule has 0 saturated carbocycles. The smallest absolute Gasteiger partial charge is 0.224 e. The Bertz CT molecular complexity index is 474. The monoisotopic (exact) mass is 278 g/mol. The van der Waals surface area contributed by atoms with Gasteiger partial charge in [-0.3, -0.25) is 14.4 Å². The molecule has 0 radical (unpaired) electrons. The Labute approximate surface area is 121 Å². The van der Waals surface area contributed by atoms with Gasteiger partial charge in [-0.25, -0.2) is 0 Å². The third-order valence-electron chi connectivity index (χ3n) is 4.35. The van der Waals surface area contributed by atoms with Crippen molar-refractivity contribution >= 4 is 5.91 Å². The lowest BCUT2D eigenvalue weighted by molar-refractivity contribution is -0.120. The molecule has 1 saturated heterocycles. The molecule has 1 atom stereocenters. The van der Waals surface area contributed by atoms with E-state index in [0.717, 1.165) is 36.6 Å². The topological polar surface area (TPSA) is 50.2 Å². The molecule has 0 unspecified atom stereocenters. The highest BCUT2D eigenvalue weighted by atomic mass is 16.1. The summed E-state index contributed by atoms with van der Waals surface area (Å²) in [6.45, 7) is 9.22. The minimum atomic E-state index is 0.0928. The van der Waals surface area contributed by atoms with E-state index in [9.17, 15) is 4.79 Å². The van der Waals surface area contributed by atoms with Gasteiger partial charge in [-0.15, -0.1) is 0 Å². The van der Waals surface area contributed by atoms with Crippen LogP contribution in [0.4, 0.5) is 0 Å². The number of hydrogen-bond donors (Lipinski definition) is 1. The molecule has 1 fully saturated rings. The quantitative estimate of drug-likeness (QED) is 0.880. The van der Waals surface area contributed by atoms with Crippen LogP contribution in [0.1, 0.15) is 36.7 Å². The maximum absolute atomic E-state index is 12.1. The number of carbonyl (C=O) groups excluding carboxylic acids is 1. The van der Waals surface area contributed by atoms with Gasteiger partial charge in [0.05, 0.1) is 12.1 Å². The van der Waals surface area contributed by atoms with Crippen molar-refractivity contribution in [2.75, 3.05) is 19.6 Å². The van der Waals surface area contributed by atoms with Crippen molar-refractivity contribution in [3.63, 3.8) is 0 Å². The highest BCUT2D eigenvalue weighted by Crippen LogP contribution is 2.13. The van der Waals surface area contributed by atoms with Crippen molar-refractivity contribution in [2.24, 2.45) is 7.05 Å². The number of amides is 1. The van der Waals surface area contributed by atoms with E-state index in [4.69, 9.17) is 0 Å². The maximum Gasteiger partial charge on any atom is 0.224 e. The molecule has 2 heterocycles. The first kappa shape index (κ1) is 15.0. The Hall–Kier alpha value is -1.36. The van der Waals surface area contributed by atoms with E-state index in [1.165, 1.54) is 12.8 Å². The number of rotatable bonds is 5. The number of hydrogen-bond acceptors (Lipinski definition) is 3. The van der Waals surface area contributed by atoms with Gasteiger partial charge in [0.2, 0.25) is 5.91 Å². The van der Waals surface area contributed by atoms with Gasteiger partial charge in [-0.1, -0.05) is 0 Å². The van der Waals surface area contributed by atoms with Crippen LogP contribution < -0.4 is 5.32 Å². The summed E-state index contributed by atoms with van der Waals surface area (Å²) in [5.74, 6) is 0.0928. The second kappa shape index (κ2) is 6.39. The largest absolute Gasteiger partial charge is 0.354 e. The van der Waals surface area contributed by atoms with Gasteiger partial charge in [-0.2, -0.15) is 5.10 Å². The number of carbonyl (C=O) groups is 1. The van der Waals surface area contributed by atoms with Crippen LogP contribution >= 0.6 is 0 Å². The molecule has 1 amide bonds. The lowest BCUT2D eigenvalue weighted by Gasteiger charge is -2.23. The van der Waals surface area contributed by atoms with E-state index >= 15 is 0 Å². The maximum atomic E-state index is 12.1. The highest BCUT2D eigenvalue weighted by Gasteiger charge is 2.19. The third-order valence-corrected chi connectivity index (χ3v) is 4.35. The fourth-order valence-corrected chi connectivity index (χ4v) is 2.87. The van der Waals surface area contributed by atoms with Crippen LogP contribution in [0.15, 0.2) is 0 Å².